The zero-order chi connectivity index (χ0) is 20.8. The number of carbonyl (C=O) groups excluding carboxylic acids is 1. The van der Waals surface area contributed by atoms with Crippen LogP contribution in [0.4, 0.5) is 18.0 Å². The SMILES string of the molecule is CCCNC(=O)NOC1CCN(S(=O)(=O)c2ccc(OC(F)(F)F)cc2)CC1. The lowest BCUT2D eigenvalue weighted by molar-refractivity contribution is -0.274. The van der Waals surface area contributed by atoms with Gasteiger partial charge in [-0.2, -0.15) is 4.31 Å². The smallest absolute Gasteiger partial charge is 0.406 e. The number of sulfonamides is 1. The van der Waals surface area contributed by atoms with Gasteiger partial charge in [0.05, 0.1) is 11.0 Å². The van der Waals surface area contributed by atoms with Crippen LogP contribution in [-0.4, -0.2) is 50.9 Å². The average molecular weight is 425 g/mol. The predicted molar refractivity (Wildman–Crippen MR) is 92.8 cm³/mol. The average Bonchev–Trinajstić information content (AvgIpc) is 2.64. The normalized spacial score (nSPS) is 16.6. The Morgan fingerprint density at radius 2 is 1.82 bits per heavy atom. The van der Waals surface area contributed by atoms with Gasteiger partial charge >= 0.3 is 12.4 Å². The number of benzene rings is 1. The maximum atomic E-state index is 12.6. The van der Waals surface area contributed by atoms with Gasteiger partial charge < -0.3 is 10.1 Å². The summed E-state index contributed by atoms with van der Waals surface area (Å²) in [6, 6.07) is 3.58. The number of halogens is 3. The number of carbonyl (C=O) groups is 1. The van der Waals surface area contributed by atoms with Crippen LogP contribution in [0.5, 0.6) is 5.75 Å². The van der Waals surface area contributed by atoms with Crippen LogP contribution in [0.2, 0.25) is 0 Å². The summed E-state index contributed by atoms with van der Waals surface area (Å²) in [7, 11) is -3.85. The minimum Gasteiger partial charge on any atom is -0.406 e. The molecule has 2 amide bonds. The summed E-state index contributed by atoms with van der Waals surface area (Å²) in [6.45, 7) is 2.74. The van der Waals surface area contributed by atoms with Crippen molar-refractivity contribution >= 4 is 16.1 Å². The minimum absolute atomic E-state index is 0.126. The second kappa shape index (κ2) is 9.43. The summed E-state index contributed by atoms with van der Waals surface area (Å²) in [6.07, 6.45) is -3.66. The molecule has 1 aliphatic rings. The van der Waals surface area contributed by atoms with E-state index in [9.17, 15) is 26.4 Å². The molecule has 28 heavy (non-hydrogen) atoms. The summed E-state index contributed by atoms with van der Waals surface area (Å²) in [4.78, 5) is 16.6. The Morgan fingerprint density at radius 3 is 2.36 bits per heavy atom. The van der Waals surface area contributed by atoms with Crippen LogP contribution in [0.1, 0.15) is 26.2 Å². The van der Waals surface area contributed by atoms with Crippen LogP contribution in [0, 0.1) is 0 Å². The standard InChI is InChI=1S/C16H22F3N3O5S/c1-2-9-20-15(23)21-27-13-7-10-22(11-8-13)28(24,25)14-5-3-12(4-6-14)26-16(17,18)19/h3-6,13H,2,7-11H2,1H3,(H2,20,21,23). The van der Waals surface area contributed by atoms with Crippen LogP contribution < -0.4 is 15.5 Å². The zero-order valence-corrected chi connectivity index (χ0v) is 16.0. The van der Waals surface area contributed by atoms with Crippen LogP contribution in [0.25, 0.3) is 0 Å². The maximum absolute atomic E-state index is 12.6. The summed E-state index contributed by atoms with van der Waals surface area (Å²) in [5.41, 5.74) is 2.27. The summed E-state index contributed by atoms with van der Waals surface area (Å²) in [5.74, 6) is -0.494. The Morgan fingerprint density at radius 1 is 1.21 bits per heavy atom. The van der Waals surface area contributed by atoms with E-state index in [1.807, 2.05) is 6.92 Å². The van der Waals surface area contributed by atoms with Gasteiger partial charge in [-0.25, -0.2) is 18.7 Å². The summed E-state index contributed by atoms with van der Waals surface area (Å²) < 4.78 is 66.8. The molecule has 1 fully saturated rings. The fourth-order valence-electron chi connectivity index (χ4n) is 2.56. The largest absolute Gasteiger partial charge is 0.573 e. The van der Waals surface area contributed by atoms with Crippen molar-refractivity contribution in [3.05, 3.63) is 24.3 Å². The van der Waals surface area contributed by atoms with E-state index in [-0.39, 0.29) is 24.1 Å². The number of nitrogens with zero attached hydrogens (tertiary/aromatic N) is 1. The monoisotopic (exact) mass is 425 g/mol. The molecule has 0 unspecified atom stereocenters. The molecule has 8 nitrogen and oxygen atoms in total. The molecule has 0 atom stereocenters. The Hall–Kier alpha value is -2.05. The number of nitrogens with one attached hydrogen (secondary N) is 2. The van der Waals surface area contributed by atoms with Crippen molar-refractivity contribution in [2.24, 2.45) is 0 Å². The van der Waals surface area contributed by atoms with Crippen LogP contribution in [0.3, 0.4) is 0 Å². The van der Waals surface area contributed by atoms with E-state index in [0.29, 0.717) is 19.4 Å². The van der Waals surface area contributed by atoms with Crippen molar-refractivity contribution < 1.29 is 36.0 Å². The van der Waals surface area contributed by atoms with Crippen molar-refractivity contribution in [3.8, 4) is 5.75 Å². The molecule has 1 aliphatic heterocycles. The number of urea groups is 1. The Kier molecular flexibility index (Phi) is 7.49. The van der Waals surface area contributed by atoms with Gasteiger partial charge in [0.1, 0.15) is 5.75 Å². The fourth-order valence-corrected chi connectivity index (χ4v) is 4.03. The van der Waals surface area contributed by atoms with E-state index in [2.05, 4.69) is 15.5 Å². The Balaban J connectivity index is 1.88. The lowest BCUT2D eigenvalue weighted by Gasteiger charge is -2.30. The highest BCUT2D eigenvalue weighted by Crippen LogP contribution is 2.26. The molecule has 0 bridgehead atoms. The van der Waals surface area contributed by atoms with Crippen molar-refractivity contribution in [3.63, 3.8) is 0 Å². The van der Waals surface area contributed by atoms with Gasteiger partial charge in [-0.3, -0.25) is 4.84 Å². The quantitative estimate of drug-likeness (QED) is 0.654. The van der Waals surface area contributed by atoms with E-state index in [1.165, 1.54) is 4.31 Å². The summed E-state index contributed by atoms with van der Waals surface area (Å²) >= 11 is 0. The first-order chi connectivity index (χ1) is 13.1. The number of alkyl halides is 3. The number of rotatable bonds is 7. The first-order valence-corrected chi connectivity index (χ1v) is 10.1. The topological polar surface area (TPSA) is 97.0 Å². The first-order valence-electron chi connectivity index (χ1n) is 8.67. The molecular formula is C16H22F3N3O5S. The molecule has 0 aliphatic carbocycles. The number of piperidine rings is 1. The predicted octanol–water partition coefficient (Wildman–Crippen LogP) is 2.38. The van der Waals surface area contributed by atoms with Gasteiger partial charge in [0.15, 0.2) is 0 Å². The van der Waals surface area contributed by atoms with Crippen molar-refractivity contribution in [2.45, 2.75) is 43.5 Å². The minimum atomic E-state index is -4.84. The zero-order valence-electron chi connectivity index (χ0n) is 15.2. The molecule has 1 saturated heterocycles. The maximum Gasteiger partial charge on any atom is 0.573 e. The van der Waals surface area contributed by atoms with E-state index in [4.69, 9.17) is 4.84 Å². The second-order valence-electron chi connectivity index (χ2n) is 6.10. The number of hydrogen-bond acceptors (Lipinski definition) is 5. The van der Waals surface area contributed by atoms with Gasteiger partial charge in [0, 0.05) is 19.6 Å². The third-order valence-corrected chi connectivity index (χ3v) is 5.86. The van der Waals surface area contributed by atoms with Gasteiger partial charge in [-0.1, -0.05) is 6.92 Å². The number of hydroxylamine groups is 1. The molecule has 1 heterocycles. The van der Waals surface area contributed by atoms with Crippen LogP contribution >= 0.6 is 0 Å². The van der Waals surface area contributed by atoms with Crippen LogP contribution in [0.15, 0.2) is 29.2 Å². The second-order valence-corrected chi connectivity index (χ2v) is 8.04. The lowest BCUT2D eigenvalue weighted by atomic mass is 10.1. The summed E-state index contributed by atoms with van der Waals surface area (Å²) in [5, 5.41) is 2.58. The van der Waals surface area contributed by atoms with Crippen LogP contribution in [-0.2, 0) is 14.9 Å². The number of hydrogen-bond donors (Lipinski definition) is 2. The molecular weight excluding hydrogens is 403 g/mol. The molecule has 12 heteroatoms. The molecule has 2 rings (SSSR count). The van der Waals surface area contributed by atoms with Gasteiger partial charge in [0.2, 0.25) is 10.0 Å². The van der Waals surface area contributed by atoms with Gasteiger partial charge in [0.25, 0.3) is 0 Å². The van der Waals surface area contributed by atoms with Gasteiger partial charge in [-0.15, -0.1) is 13.2 Å². The van der Waals surface area contributed by atoms with Crippen molar-refractivity contribution in [1.29, 1.82) is 0 Å². The number of ether oxygens (including phenoxy) is 1. The lowest BCUT2D eigenvalue weighted by Crippen LogP contribution is -2.44. The first kappa shape index (κ1) is 22.2. The van der Waals surface area contributed by atoms with E-state index in [0.717, 1.165) is 30.7 Å². The fraction of sp³-hybridized carbons (Fsp3) is 0.562. The molecule has 2 N–H and O–H groups in total. The molecule has 1 aromatic rings. The van der Waals surface area contributed by atoms with E-state index >= 15 is 0 Å². The third kappa shape index (κ3) is 6.53. The van der Waals surface area contributed by atoms with E-state index < -0.39 is 28.2 Å². The number of amides is 2. The molecule has 1 aromatic carbocycles. The van der Waals surface area contributed by atoms with Gasteiger partial charge in [-0.05, 0) is 43.5 Å². The molecule has 0 spiro atoms. The van der Waals surface area contributed by atoms with Crippen molar-refractivity contribution in [1.82, 2.24) is 15.1 Å². The highest BCUT2D eigenvalue weighted by atomic mass is 32.2. The molecule has 0 aromatic heterocycles. The Labute approximate surface area is 161 Å². The van der Waals surface area contributed by atoms with E-state index in [1.54, 1.807) is 0 Å². The molecule has 0 saturated carbocycles. The highest BCUT2D eigenvalue weighted by Gasteiger charge is 2.32. The molecule has 0 radical (unpaired) electrons. The highest BCUT2D eigenvalue weighted by molar-refractivity contribution is 7.89. The molecule has 158 valence electrons. The third-order valence-electron chi connectivity index (χ3n) is 3.95. The van der Waals surface area contributed by atoms with Crippen molar-refractivity contribution in [2.75, 3.05) is 19.6 Å². The Bertz CT molecular complexity index is 748.